The van der Waals surface area contributed by atoms with Crippen molar-refractivity contribution in [1.29, 1.82) is 0 Å². The highest BCUT2D eigenvalue weighted by Gasteiger charge is 2.39. The molecule has 0 aromatic rings. The lowest BCUT2D eigenvalue weighted by Gasteiger charge is -2.23. The van der Waals surface area contributed by atoms with Gasteiger partial charge in [-0.1, -0.05) is 6.42 Å². The Kier molecular flexibility index (Phi) is 3.32. The number of rotatable bonds is 2. The van der Waals surface area contributed by atoms with Gasteiger partial charge in [0.25, 0.3) is 0 Å². The zero-order valence-electron chi connectivity index (χ0n) is 10.2. The molecule has 2 N–H and O–H groups in total. The van der Waals surface area contributed by atoms with Crippen LogP contribution in [0.15, 0.2) is 5.10 Å². The van der Waals surface area contributed by atoms with E-state index in [-0.39, 0.29) is 0 Å². The first-order valence-electron chi connectivity index (χ1n) is 6.93. The summed E-state index contributed by atoms with van der Waals surface area (Å²) in [6.45, 7) is 0. The molecule has 0 aromatic heterocycles. The molecule has 0 aliphatic heterocycles. The summed E-state index contributed by atoms with van der Waals surface area (Å²) in [7, 11) is 0. The molecule has 3 rings (SSSR count). The van der Waals surface area contributed by atoms with Crippen molar-refractivity contribution >= 4 is 23.0 Å². The lowest BCUT2D eigenvalue weighted by atomic mass is 9.96. The Morgan fingerprint density at radius 2 is 2.00 bits per heavy atom. The summed E-state index contributed by atoms with van der Waals surface area (Å²) < 4.78 is 0. The van der Waals surface area contributed by atoms with E-state index < -0.39 is 0 Å². The molecule has 17 heavy (non-hydrogen) atoms. The van der Waals surface area contributed by atoms with E-state index in [2.05, 4.69) is 15.8 Å². The zero-order chi connectivity index (χ0) is 11.7. The van der Waals surface area contributed by atoms with Gasteiger partial charge in [0.05, 0.1) is 0 Å². The molecular formula is C13H21N3S. The standard InChI is InChI=1S/C13H21N3S/c17-13(16-15-11-3-1-2-4-11)14-12-8-9-5-6-10(12)7-9/h9-10,12H,1-8H2,(H2,14,16,17)/t9-,10-,12-/m0/s1. The summed E-state index contributed by atoms with van der Waals surface area (Å²) in [5.41, 5.74) is 4.30. The third-order valence-electron chi connectivity index (χ3n) is 4.55. The fourth-order valence-electron chi connectivity index (χ4n) is 3.65. The van der Waals surface area contributed by atoms with Gasteiger partial charge in [0.2, 0.25) is 0 Å². The average molecular weight is 251 g/mol. The van der Waals surface area contributed by atoms with Crippen molar-refractivity contribution in [3.63, 3.8) is 0 Å². The van der Waals surface area contributed by atoms with Crippen molar-refractivity contribution < 1.29 is 0 Å². The highest BCUT2D eigenvalue weighted by molar-refractivity contribution is 7.80. The van der Waals surface area contributed by atoms with Crippen LogP contribution in [0.1, 0.15) is 51.4 Å². The SMILES string of the molecule is S=C(NN=C1CCCC1)N[C@H]1C[C@H]2CC[C@H]1C2. The molecule has 0 unspecified atom stereocenters. The molecule has 0 aromatic carbocycles. The highest BCUT2D eigenvalue weighted by Crippen LogP contribution is 2.44. The number of nitrogens with zero attached hydrogens (tertiary/aromatic N) is 1. The van der Waals surface area contributed by atoms with Crippen LogP contribution in [-0.2, 0) is 0 Å². The monoisotopic (exact) mass is 251 g/mol. The van der Waals surface area contributed by atoms with Crippen LogP contribution >= 0.6 is 12.2 Å². The minimum atomic E-state index is 0.609. The van der Waals surface area contributed by atoms with Crippen molar-refractivity contribution in [3.8, 4) is 0 Å². The Morgan fingerprint density at radius 3 is 2.65 bits per heavy atom. The van der Waals surface area contributed by atoms with Crippen molar-refractivity contribution in [2.45, 2.75) is 57.4 Å². The van der Waals surface area contributed by atoms with Crippen LogP contribution in [0.4, 0.5) is 0 Å². The predicted molar refractivity (Wildman–Crippen MR) is 74.0 cm³/mol. The van der Waals surface area contributed by atoms with E-state index in [1.54, 1.807) is 0 Å². The second-order valence-electron chi connectivity index (χ2n) is 5.75. The molecule has 4 heteroatoms. The van der Waals surface area contributed by atoms with Crippen LogP contribution < -0.4 is 10.7 Å². The van der Waals surface area contributed by atoms with Gasteiger partial charge in [0.15, 0.2) is 5.11 Å². The van der Waals surface area contributed by atoms with Gasteiger partial charge < -0.3 is 5.32 Å². The highest BCUT2D eigenvalue weighted by atomic mass is 32.1. The molecular weight excluding hydrogens is 230 g/mol. The topological polar surface area (TPSA) is 36.4 Å². The number of nitrogens with one attached hydrogen (secondary N) is 2. The third-order valence-corrected chi connectivity index (χ3v) is 4.76. The van der Waals surface area contributed by atoms with Crippen LogP contribution in [0.2, 0.25) is 0 Å². The molecule has 2 bridgehead atoms. The normalized spacial score (nSPS) is 35.1. The number of hydrogen-bond donors (Lipinski definition) is 2. The fraction of sp³-hybridized carbons (Fsp3) is 0.846. The third kappa shape index (κ3) is 2.62. The maximum absolute atomic E-state index is 5.31. The predicted octanol–water partition coefficient (Wildman–Crippen LogP) is 2.57. The van der Waals surface area contributed by atoms with Gasteiger partial charge in [-0.15, -0.1) is 0 Å². The lowest BCUT2D eigenvalue weighted by Crippen LogP contribution is -2.42. The molecule has 0 saturated heterocycles. The number of hydrazone groups is 1. The van der Waals surface area contributed by atoms with Gasteiger partial charge in [-0.25, -0.2) is 0 Å². The van der Waals surface area contributed by atoms with Gasteiger partial charge in [0.1, 0.15) is 0 Å². The number of hydrogen-bond acceptors (Lipinski definition) is 2. The fourth-order valence-corrected chi connectivity index (χ4v) is 3.84. The Balaban J connectivity index is 1.45. The van der Waals surface area contributed by atoms with Crippen molar-refractivity contribution in [2.75, 3.05) is 0 Å². The molecule has 0 heterocycles. The molecule has 0 spiro atoms. The lowest BCUT2D eigenvalue weighted by molar-refractivity contribution is 0.389. The Hall–Kier alpha value is -0.640. The summed E-state index contributed by atoms with van der Waals surface area (Å²) >= 11 is 5.31. The van der Waals surface area contributed by atoms with Crippen molar-refractivity contribution in [2.24, 2.45) is 16.9 Å². The van der Waals surface area contributed by atoms with Gasteiger partial charge in [-0.2, -0.15) is 5.10 Å². The van der Waals surface area contributed by atoms with Gasteiger partial charge in [0, 0.05) is 11.8 Å². The number of thiocarbonyl (C=S) groups is 1. The molecule has 3 saturated carbocycles. The average Bonchev–Trinajstić information content (AvgIpc) is 3.03. The first-order chi connectivity index (χ1) is 8.31. The van der Waals surface area contributed by atoms with Gasteiger partial charge in [-0.05, 0) is 69.0 Å². The molecule has 94 valence electrons. The van der Waals surface area contributed by atoms with Crippen LogP contribution in [0.5, 0.6) is 0 Å². The minimum Gasteiger partial charge on any atom is -0.358 e. The van der Waals surface area contributed by atoms with Gasteiger partial charge >= 0.3 is 0 Å². The molecule has 3 aliphatic carbocycles. The Morgan fingerprint density at radius 1 is 1.18 bits per heavy atom. The summed E-state index contributed by atoms with van der Waals surface area (Å²) in [5, 5.41) is 8.56. The molecule has 3 nitrogen and oxygen atoms in total. The quantitative estimate of drug-likeness (QED) is 0.585. The Bertz CT molecular complexity index is 332. The van der Waals surface area contributed by atoms with Crippen LogP contribution in [0.3, 0.4) is 0 Å². The van der Waals surface area contributed by atoms with Crippen molar-refractivity contribution in [1.82, 2.24) is 10.7 Å². The zero-order valence-corrected chi connectivity index (χ0v) is 11.1. The van der Waals surface area contributed by atoms with Crippen LogP contribution in [-0.4, -0.2) is 16.9 Å². The van der Waals surface area contributed by atoms with Crippen LogP contribution in [0, 0.1) is 11.8 Å². The van der Waals surface area contributed by atoms with E-state index in [4.69, 9.17) is 12.2 Å². The summed E-state index contributed by atoms with van der Waals surface area (Å²) in [6.07, 6.45) is 10.4. The first-order valence-corrected chi connectivity index (χ1v) is 7.34. The second kappa shape index (κ2) is 4.92. The van der Waals surface area contributed by atoms with E-state index in [1.807, 2.05) is 0 Å². The second-order valence-corrected chi connectivity index (χ2v) is 6.16. The molecule has 0 amide bonds. The van der Waals surface area contributed by atoms with E-state index in [0.717, 1.165) is 29.8 Å². The van der Waals surface area contributed by atoms with E-state index in [9.17, 15) is 0 Å². The number of fused-ring (bicyclic) bond motifs is 2. The first kappa shape index (κ1) is 11.5. The minimum absolute atomic E-state index is 0.609. The van der Waals surface area contributed by atoms with Crippen LogP contribution in [0.25, 0.3) is 0 Å². The van der Waals surface area contributed by atoms with E-state index in [1.165, 1.54) is 44.2 Å². The van der Waals surface area contributed by atoms with E-state index in [0.29, 0.717) is 6.04 Å². The summed E-state index contributed by atoms with van der Waals surface area (Å²) in [6, 6.07) is 0.609. The molecule has 3 atom stereocenters. The van der Waals surface area contributed by atoms with Gasteiger partial charge in [-0.3, -0.25) is 5.43 Å². The molecule has 3 fully saturated rings. The largest absolute Gasteiger partial charge is 0.358 e. The van der Waals surface area contributed by atoms with E-state index >= 15 is 0 Å². The maximum atomic E-state index is 5.31. The molecule has 3 aliphatic rings. The Labute approximate surface area is 108 Å². The van der Waals surface area contributed by atoms with Crippen molar-refractivity contribution in [3.05, 3.63) is 0 Å². The maximum Gasteiger partial charge on any atom is 0.187 e. The summed E-state index contributed by atoms with van der Waals surface area (Å²) in [4.78, 5) is 0. The smallest absolute Gasteiger partial charge is 0.187 e. The molecule has 0 radical (unpaired) electrons. The summed E-state index contributed by atoms with van der Waals surface area (Å²) in [5.74, 6) is 1.82.